The monoisotopic (exact) mass is 406 g/mol. The third kappa shape index (κ3) is 4.07. The number of rotatable bonds is 7. The number of nitrogens with zero attached hydrogens (tertiary/aromatic N) is 1. The summed E-state index contributed by atoms with van der Waals surface area (Å²) in [6.45, 7) is 4.41. The van der Waals surface area contributed by atoms with Gasteiger partial charge in [-0.25, -0.2) is 13.1 Å². The van der Waals surface area contributed by atoms with Gasteiger partial charge in [0.15, 0.2) is 0 Å². The number of benzene rings is 2. The van der Waals surface area contributed by atoms with Crippen molar-refractivity contribution in [1.82, 2.24) is 9.29 Å². The van der Waals surface area contributed by atoms with Crippen molar-refractivity contribution in [2.75, 3.05) is 7.11 Å². The average molecular weight is 407 g/mol. The molecule has 0 fully saturated rings. The Balaban J connectivity index is 1.88. The summed E-state index contributed by atoms with van der Waals surface area (Å²) in [5.41, 5.74) is 1.60. The standard InChI is InChI=1S/C19H22N2O4S2/c1-4-11-21-17-10-9-16(12-18(17)26-19(21)22)27(23,24)20-13(2)14-5-7-15(25-3)8-6-14/h5-10,12-13,20H,4,11H2,1-3H3. The number of sulfonamides is 1. The van der Waals surface area contributed by atoms with Crippen LogP contribution < -0.4 is 14.3 Å². The van der Waals surface area contributed by atoms with E-state index in [1.165, 1.54) is 0 Å². The molecule has 1 heterocycles. The molecule has 3 rings (SSSR count). The van der Waals surface area contributed by atoms with E-state index < -0.39 is 16.1 Å². The Hall–Kier alpha value is -2.16. The molecule has 1 atom stereocenters. The third-order valence-electron chi connectivity index (χ3n) is 4.34. The fourth-order valence-corrected chi connectivity index (χ4v) is 5.20. The van der Waals surface area contributed by atoms with Gasteiger partial charge in [0.2, 0.25) is 10.0 Å². The van der Waals surface area contributed by atoms with Crippen molar-refractivity contribution in [3.63, 3.8) is 0 Å². The summed E-state index contributed by atoms with van der Waals surface area (Å²) >= 11 is 1.07. The lowest BCUT2D eigenvalue weighted by atomic mass is 10.1. The van der Waals surface area contributed by atoms with Gasteiger partial charge < -0.3 is 4.74 Å². The zero-order valence-corrected chi connectivity index (χ0v) is 17.1. The molecule has 0 amide bonds. The number of thiazole rings is 1. The maximum atomic E-state index is 12.8. The smallest absolute Gasteiger partial charge is 0.308 e. The van der Waals surface area contributed by atoms with Crippen molar-refractivity contribution in [3.8, 4) is 5.75 Å². The predicted octanol–water partition coefficient (Wildman–Crippen LogP) is 3.52. The Morgan fingerprint density at radius 3 is 2.52 bits per heavy atom. The minimum atomic E-state index is -3.72. The second-order valence-electron chi connectivity index (χ2n) is 6.27. The van der Waals surface area contributed by atoms with Crippen LogP contribution in [-0.2, 0) is 16.6 Å². The maximum absolute atomic E-state index is 12.8. The molecule has 3 aromatic rings. The molecule has 6 nitrogen and oxygen atoms in total. The van der Waals surface area contributed by atoms with Gasteiger partial charge in [-0.3, -0.25) is 9.36 Å². The van der Waals surface area contributed by atoms with E-state index >= 15 is 0 Å². The first-order valence-corrected chi connectivity index (χ1v) is 11.0. The van der Waals surface area contributed by atoms with E-state index in [-0.39, 0.29) is 9.77 Å². The van der Waals surface area contributed by atoms with E-state index in [0.717, 1.165) is 28.8 Å². The highest BCUT2D eigenvalue weighted by Gasteiger charge is 2.20. The first-order valence-electron chi connectivity index (χ1n) is 8.65. The van der Waals surface area contributed by atoms with Crippen molar-refractivity contribution in [2.45, 2.75) is 37.8 Å². The first-order chi connectivity index (χ1) is 12.9. The van der Waals surface area contributed by atoms with Crippen LogP contribution in [0.3, 0.4) is 0 Å². The number of ether oxygens (including phenoxy) is 1. The molecule has 0 bridgehead atoms. The molecule has 2 aromatic carbocycles. The molecule has 8 heteroatoms. The Labute approximate surface area is 162 Å². The summed E-state index contributed by atoms with van der Waals surface area (Å²) in [4.78, 5) is 12.2. The Kier molecular flexibility index (Phi) is 5.69. The van der Waals surface area contributed by atoms with Crippen LogP contribution in [-0.4, -0.2) is 20.1 Å². The van der Waals surface area contributed by atoms with Gasteiger partial charge in [0.1, 0.15) is 5.75 Å². The second kappa shape index (κ2) is 7.84. The number of hydrogen-bond donors (Lipinski definition) is 1. The van der Waals surface area contributed by atoms with Crippen molar-refractivity contribution >= 4 is 31.6 Å². The highest BCUT2D eigenvalue weighted by molar-refractivity contribution is 7.89. The minimum Gasteiger partial charge on any atom is -0.497 e. The number of methoxy groups -OCH3 is 1. The SMILES string of the molecule is CCCn1c(=O)sc2cc(S(=O)(=O)NC(C)c3ccc(OC)cc3)ccc21. The van der Waals surface area contributed by atoms with Crippen LogP contribution in [0.5, 0.6) is 5.75 Å². The van der Waals surface area contributed by atoms with Crippen LogP contribution in [0.15, 0.2) is 52.2 Å². The largest absolute Gasteiger partial charge is 0.497 e. The highest BCUT2D eigenvalue weighted by atomic mass is 32.2. The van der Waals surface area contributed by atoms with Gasteiger partial charge >= 0.3 is 4.87 Å². The quantitative estimate of drug-likeness (QED) is 0.651. The predicted molar refractivity (Wildman–Crippen MR) is 108 cm³/mol. The minimum absolute atomic E-state index is 0.0686. The highest BCUT2D eigenvalue weighted by Crippen LogP contribution is 2.24. The molecule has 0 aliphatic carbocycles. The fraction of sp³-hybridized carbons (Fsp3) is 0.316. The number of nitrogens with one attached hydrogen (secondary N) is 1. The van der Waals surface area contributed by atoms with E-state index in [9.17, 15) is 13.2 Å². The molecule has 144 valence electrons. The molecule has 0 radical (unpaired) electrons. The average Bonchev–Trinajstić information content (AvgIpc) is 2.96. The molecule has 0 saturated heterocycles. The summed E-state index contributed by atoms with van der Waals surface area (Å²) in [5, 5.41) is 0. The van der Waals surface area contributed by atoms with Crippen molar-refractivity contribution in [2.24, 2.45) is 0 Å². The lowest BCUT2D eigenvalue weighted by Gasteiger charge is -2.15. The second-order valence-corrected chi connectivity index (χ2v) is 8.97. The van der Waals surface area contributed by atoms with E-state index in [4.69, 9.17) is 4.74 Å². The number of hydrogen-bond acceptors (Lipinski definition) is 5. The molecule has 1 unspecified atom stereocenters. The Morgan fingerprint density at radius 1 is 1.19 bits per heavy atom. The Bertz CT molecular complexity index is 1100. The first kappa shape index (κ1) is 19.6. The van der Waals surface area contributed by atoms with E-state index in [2.05, 4.69) is 4.72 Å². The normalized spacial score (nSPS) is 13.0. The fourth-order valence-electron chi connectivity index (χ4n) is 2.91. The maximum Gasteiger partial charge on any atom is 0.308 e. The molecule has 1 aromatic heterocycles. The van der Waals surface area contributed by atoms with E-state index in [1.807, 2.05) is 19.1 Å². The van der Waals surface area contributed by atoms with Crippen LogP contribution in [0.25, 0.3) is 10.2 Å². The van der Waals surface area contributed by atoms with Crippen LogP contribution in [0, 0.1) is 0 Å². The van der Waals surface area contributed by atoms with Gasteiger partial charge in [-0.1, -0.05) is 30.4 Å². The lowest BCUT2D eigenvalue weighted by Crippen LogP contribution is -2.26. The number of aromatic nitrogens is 1. The number of fused-ring (bicyclic) bond motifs is 1. The Morgan fingerprint density at radius 2 is 1.89 bits per heavy atom. The molecule has 0 saturated carbocycles. The molecular formula is C19H22N2O4S2. The summed E-state index contributed by atoms with van der Waals surface area (Å²) in [6.07, 6.45) is 0.840. The van der Waals surface area contributed by atoms with Crippen molar-refractivity contribution in [3.05, 3.63) is 57.7 Å². The van der Waals surface area contributed by atoms with Gasteiger partial charge in [-0.05, 0) is 49.2 Å². The summed E-state index contributed by atoms with van der Waals surface area (Å²) < 4.78 is 35.7. The summed E-state index contributed by atoms with van der Waals surface area (Å²) in [7, 11) is -2.13. The van der Waals surface area contributed by atoms with Gasteiger partial charge in [0.05, 0.1) is 22.2 Å². The molecule has 0 aliphatic heterocycles. The van der Waals surface area contributed by atoms with Gasteiger partial charge in [-0.15, -0.1) is 0 Å². The van der Waals surface area contributed by atoms with E-state index in [0.29, 0.717) is 17.0 Å². The van der Waals surface area contributed by atoms with Gasteiger partial charge in [0, 0.05) is 12.6 Å². The molecule has 0 spiro atoms. The van der Waals surface area contributed by atoms with Crippen LogP contribution >= 0.6 is 11.3 Å². The third-order valence-corrected chi connectivity index (χ3v) is 6.83. The van der Waals surface area contributed by atoms with Gasteiger partial charge in [0.25, 0.3) is 0 Å². The topological polar surface area (TPSA) is 77.4 Å². The van der Waals surface area contributed by atoms with Gasteiger partial charge in [-0.2, -0.15) is 0 Å². The van der Waals surface area contributed by atoms with Crippen LogP contribution in [0.2, 0.25) is 0 Å². The van der Waals surface area contributed by atoms with E-state index in [1.54, 1.807) is 48.9 Å². The van der Waals surface area contributed by atoms with Crippen molar-refractivity contribution < 1.29 is 13.2 Å². The number of aryl methyl sites for hydroxylation is 1. The molecular weight excluding hydrogens is 384 g/mol. The van der Waals surface area contributed by atoms with Crippen LogP contribution in [0.4, 0.5) is 0 Å². The zero-order chi connectivity index (χ0) is 19.6. The lowest BCUT2D eigenvalue weighted by molar-refractivity contribution is 0.414. The van der Waals surface area contributed by atoms with Crippen LogP contribution in [0.1, 0.15) is 31.9 Å². The summed E-state index contributed by atoms with van der Waals surface area (Å²) in [6, 6.07) is 11.6. The molecule has 1 N–H and O–H groups in total. The molecule has 0 aliphatic rings. The van der Waals surface area contributed by atoms with Crippen molar-refractivity contribution in [1.29, 1.82) is 0 Å². The molecule has 27 heavy (non-hydrogen) atoms. The summed E-state index contributed by atoms with van der Waals surface area (Å²) in [5.74, 6) is 0.714. The zero-order valence-electron chi connectivity index (χ0n) is 15.4.